The SMILES string of the molecule is CC(=O)N1C=Cc2ccccc2[C@@H]1CC(=O)N1CCO[C@H](CC(=O)O)C1. The van der Waals surface area contributed by atoms with Gasteiger partial charge >= 0.3 is 5.97 Å². The molecule has 0 radical (unpaired) electrons. The Morgan fingerprint density at radius 3 is 2.73 bits per heavy atom. The summed E-state index contributed by atoms with van der Waals surface area (Å²) in [6.45, 7) is 2.49. The number of benzene rings is 1. The van der Waals surface area contributed by atoms with Crippen molar-refractivity contribution in [2.45, 2.75) is 31.9 Å². The molecule has 2 atom stereocenters. The molecule has 0 saturated carbocycles. The number of nitrogens with zero attached hydrogens (tertiary/aromatic N) is 2. The summed E-state index contributed by atoms with van der Waals surface area (Å²) in [4.78, 5) is 38.9. The van der Waals surface area contributed by atoms with Crippen LogP contribution in [0.3, 0.4) is 0 Å². The van der Waals surface area contributed by atoms with Crippen LogP contribution in [-0.4, -0.2) is 58.5 Å². The largest absolute Gasteiger partial charge is 0.481 e. The van der Waals surface area contributed by atoms with Crippen LogP contribution in [0.15, 0.2) is 30.5 Å². The van der Waals surface area contributed by atoms with Gasteiger partial charge in [0.1, 0.15) is 0 Å². The normalized spacial score (nSPS) is 22.0. The third-order valence-electron chi connectivity index (χ3n) is 4.73. The molecule has 1 fully saturated rings. The Morgan fingerprint density at radius 2 is 2.00 bits per heavy atom. The first-order valence-corrected chi connectivity index (χ1v) is 8.63. The highest BCUT2D eigenvalue weighted by atomic mass is 16.5. The highest BCUT2D eigenvalue weighted by Crippen LogP contribution is 2.33. The molecule has 1 N–H and O–H groups in total. The first kappa shape index (κ1) is 18.1. The second kappa shape index (κ2) is 7.70. The van der Waals surface area contributed by atoms with Crippen LogP contribution in [0, 0.1) is 0 Å². The molecule has 1 saturated heterocycles. The monoisotopic (exact) mass is 358 g/mol. The molecule has 0 aromatic heterocycles. The third-order valence-corrected chi connectivity index (χ3v) is 4.73. The van der Waals surface area contributed by atoms with Crippen molar-refractivity contribution in [2.75, 3.05) is 19.7 Å². The Balaban J connectivity index is 1.75. The van der Waals surface area contributed by atoms with Gasteiger partial charge in [-0.3, -0.25) is 14.4 Å². The van der Waals surface area contributed by atoms with Crippen LogP contribution in [0.2, 0.25) is 0 Å². The summed E-state index contributed by atoms with van der Waals surface area (Å²) in [5, 5.41) is 8.92. The molecule has 2 aliphatic rings. The van der Waals surface area contributed by atoms with Gasteiger partial charge in [0.05, 0.1) is 31.6 Å². The molecular weight excluding hydrogens is 336 g/mol. The third kappa shape index (κ3) is 3.94. The lowest BCUT2D eigenvalue weighted by Crippen LogP contribution is -2.47. The van der Waals surface area contributed by atoms with E-state index in [1.54, 1.807) is 16.0 Å². The number of carboxylic acid groups (broad SMARTS) is 1. The van der Waals surface area contributed by atoms with Crippen LogP contribution in [0.1, 0.15) is 36.9 Å². The summed E-state index contributed by atoms with van der Waals surface area (Å²) in [6, 6.07) is 7.34. The zero-order chi connectivity index (χ0) is 18.7. The van der Waals surface area contributed by atoms with Crippen molar-refractivity contribution in [2.24, 2.45) is 0 Å². The topological polar surface area (TPSA) is 87.2 Å². The highest BCUT2D eigenvalue weighted by molar-refractivity contribution is 5.82. The fraction of sp³-hybridized carbons (Fsp3) is 0.421. The second-order valence-corrected chi connectivity index (χ2v) is 6.52. The van der Waals surface area contributed by atoms with E-state index in [9.17, 15) is 14.4 Å². The number of carboxylic acids is 1. The number of aliphatic carboxylic acids is 1. The number of amides is 2. The van der Waals surface area contributed by atoms with E-state index in [0.717, 1.165) is 11.1 Å². The van der Waals surface area contributed by atoms with Crippen LogP contribution in [0.25, 0.3) is 6.08 Å². The molecule has 2 aliphatic heterocycles. The minimum Gasteiger partial charge on any atom is -0.481 e. The molecule has 7 nitrogen and oxygen atoms in total. The van der Waals surface area contributed by atoms with Crippen LogP contribution < -0.4 is 0 Å². The van der Waals surface area contributed by atoms with Gasteiger partial charge in [-0.2, -0.15) is 0 Å². The van der Waals surface area contributed by atoms with Crippen molar-refractivity contribution in [3.63, 3.8) is 0 Å². The number of carbonyl (C=O) groups is 3. The van der Waals surface area contributed by atoms with Gasteiger partial charge in [-0.05, 0) is 17.2 Å². The van der Waals surface area contributed by atoms with Gasteiger partial charge in [0, 0.05) is 26.2 Å². The number of fused-ring (bicyclic) bond motifs is 1. The molecule has 0 bridgehead atoms. The van der Waals surface area contributed by atoms with E-state index in [-0.39, 0.29) is 37.2 Å². The van der Waals surface area contributed by atoms with E-state index in [0.29, 0.717) is 13.2 Å². The Morgan fingerprint density at radius 1 is 1.23 bits per heavy atom. The van der Waals surface area contributed by atoms with Crippen LogP contribution >= 0.6 is 0 Å². The lowest BCUT2D eigenvalue weighted by Gasteiger charge is -2.36. The molecule has 1 aromatic rings. The number of rotatable bonds is 4. The first-order chi connectivity index (χ1) is 12.5. The van der Waals surface area contributed by atoms with Crippen LogP contribution in [0.4, 0.5) is 0 Å². The van der Waals surface area contributed by atoms with E-state index in [2.05, 4.69) is 0 Å². The number of carbonyl (C=O) groups excluding carboxylic acids is 2. The van der Waals surface area contributed by atoms with E-state index in [1.165, 1.54) is 6.92 Å². The number of hydrogen-bond acceptors (Lipinski definition) is 4. The van der Waals surface area contributed by atoms with Crippen molar-refractivity contribution < 1.29 is 24.2 Å². The van der Waals surface area contributed by atoms with Gasteiger partial charge in [-0.1, -0.05) is 24.3 Å². The molecule has 26 heavy (non-hydrogen) atoms. The maximum absolute atomic E-state index is 12.8. The number of morpholine rings is 1. The summed E-state index contributed by atoms with van der Waals surface area (Å²) >= 11 is 0. The van der Waals surface area contributed by atoms with Gasteiger partial charge in [-0.25, -0.2) is 0 Å². The Labute approximate surface area is 151 Å². The fourth-order valence-corrected chi connectivity index (χ4v) is 3.47. The summed E-state index contributed by atoms with van der Waals surface area (Å²) in [5.74, 6) is -1.18. The highest BCUT2D eigenvalue weighted by Gasteiger charge is 2.32. The summed E-state index contributed by atoms with van der Waals surface area (Å²) in [7, 11) is 0. The molecule has 2 heterocycles. The maximum atomic E-state index is 12.8. The van der Waals surface area contributed by atoms with Crippen molar-refractivity contribution in [1.29, 1.82) is 0 Å². The van der Waals surface area contributed by atoms with Crippen molar-refractivity contribution in [3.05, 3.63) is 41.6 Å². The van der Waals surface area contributed by atoms with Crippen LogP contribution in [0.5, 0.6) is 0 Å². The van der Waals surface area contributed by atoms with Gasteiger partial charge in [0.15, 0.2) is 0 Å². The quantitative estimate of drug-likeness (QED) is 0.884. The summed E-state index contributed by atoms with van der Waals surface area (Å²) in [6.07, 6.45) is 3.12. The van der Waals surface area contributed by atoms with Crippen molar-refractivity contribution in [1.82, 2.24) is 9.80 Å². The standard InChI is InChI=1S/C19H22N2O5/c1-13(22)21-7-6-14-4-2-3-5-16(14)17(21)11-18(23)20-8-9-26-15(12-20)10-19(24)25/h2-7,15,17H,8-12H2,1H3,(H,24,25)/t15-,17+/m1/s1. The molecule has 0 aliphatic carbocycles. The Bertz CT molecular complexity index is 745. The second-order valence-electron chi connectivity index (χ2n) is 6.52. The Kier molecular flexibility index (Phi) is 5.37. The molecule has 2 amide bonds. The van der Waals surface area contributed by atoms with Crippen molar-refractivity contribution in [3.8, 4) is 0 Å². The molecular formula is C19H22N2O5. The van der Waals surface area contributed by atoms with Gasteiger partial charge in [0.2, 0.25) is 11.8 Å². The zero-order valence-corrected chi connectivity index (χ0v) is 14.6. The van der Waals surface area contributed by atoms with Gasteiger partial charge in [-0.15, -0.1) is 0 Å². The van der Waals surface area contributed by atoms with Crippen LogP contribution in [-0.2, 0) is 19.1 Å². The minimum absolute atomic E-state index is 0.106. The van der Waals surface area contributed by atoms with E-state index in [1.807, 2.05) is 30.3 Å². The summed E-state index contributed by atoms with van der Waals surface area (Å²) in [5.41, 5.74) is 1.93. The average Bonchev–Trinajstić information content (AvgIpc) is 2.61. The van der Waals surface area contributed by atoms with Crippen molar-refractivity contribution >= 4 is 23.9 Å². The maximum Gasteiger partial charge on any atom is 0.306 e. The fourth-order valence-electron chi connectivity index (χ4n) is 3.47. The average molecular weight is 358 g/mol. The molecule has 0 spiro atoms. The molecule has 3 rings (SSSR count). The van der Waals surface area contributed by atoms with Gasteiger partial charge < -0.3 is 19.6 Å². The minimum atomic E-state index is -0.946. The van der Waals surface area contributed by atoms with Gasteiger partial charge in [0.25, 0.3) is 0 Å². The predicted molar refractivity (Wildman–Crippen MR) is 93.9 cm³/mol. The van der Waals surface area contributed by atoms with E-state index >= 15 is 0 Å². The lowest BCUT2D eigenvalue weighted by atomic mass is 9.93. The Hall–Kier alpha value is -2.67. The smallest absolute Gasteiger partial charge is 0.306 e. The first-order valence-electron chi connectivity index (χ1n) is 8.63. The molecule has 1 aromatic carbocycles. The molecule has 138 valence electrons. The zero-order valence-electron chi connectivity index (χ0n) is 14.6. The molecule has 0 unspecified atom stereocenters. The van der Waals surface area contributed by atoms with E-state index < -0.39 is 12.1 Å². The predicted octanol–water partition coefficient (Wildman–Crippen LogP) is 1.65. The molecule has 7 heteroatoms. The van der Waals surface area contributed by atoms with E-state index in [4.69, 9.17) is 9.84 Å². The number of hydrogen-bond donors (Lipinski definition) is 1. The number of ether oxygens (including phenoxy) is 1. The summed E-state index contributed by atoms with van der Waals surface area (Å²) < 4.78 is 5.42. The lowest BCUT2D eigenvalue weighted by molar-refractivity contribution is -0.148.